The predicted molar refractivity (Wildman–Crippen MR) is 101 cm³/mol. The summed E-state index contributed by atoms with van der Waals surface area (Å²) in [5.41, 5.74) is 0.547. The lowest BCUT2D eigenvalue weighted by molar-refractivity contribution is -0.139. The maximum absolute atomic E-state index is 13.3. The molecule has 28 heavy (non-hydrogen) atoms. The predicted octanol–water partition coefficient (Wildman–Crippen LogP) is 2.86. The SMILES string of the molecule is O=C(O)CC(O)CC(O)CCC1N(c2ccc(F)cc2)C(=O)CC12CCCC2. The molecule has 154 valence electrons. The molecule has 0 radical (unpaired) electrons. The van der Waals surface area contributed by atoms with E-state index in [9.17, 15) is 24.2 Å². The molecule has 1 heterocycles. The van der Waals surface area contributed by atoms with Gasteiger partial charge in [-0.1, -0.05) is 12.8 Å². The lowest BCUT2D eigenvalue weighted by atomic mass is 9.76. The van der Waals surface area contributed by atoms with E-state index in [1.807, 2.05) is 0 Å². The maximum Gasteiger partial charge on any atom is 0.305 e. The third kappa shape index (κ3) is 4.52. The number of carbonyl (C=O) groups is 2. The molecule has 0 bridgehead atoms. The van der Waals surface area contributed by atoms with Crippen LogP contribution in [0, 0.1) is 11.2 Å². The second-order valence-corrected chi connectivity index (χ2v) is 8.22. The second-order valence-electron chi connectivity index (χ2n) is 8.22. The molecule has 1 amide bonds. The van der Waals surface area contributed by atoms with Crippen molar-refractivity contribution in [3.8, 4) is 0 Å². The standard InChI is InChI=1S/C21H28FNO5/c22-14-3-5-15(6-4-14)23-18(21(13-19(23)26)9-1-2-10-21)8-7-16(24)11-17(25)12-20(27)28/h3-6,16-18,24-25H,1-2,7-13H2,(H,27,28). The maximum atomic E-state index is 13.3. The van der Waals surface area contributed by atoms with Gasteiger partial charge in [-0.2, -0.15) is 0 Å². The van der Waals surface area contributed by atoms with Gasteiger partial charge in [0, 0.05) is 18.2 Å². The first kappa shape index (κ1) is 20.7. The minimum absolute atomic E-state index is 0.00346. The van der Waals surface area contributed by atoms with Crippen LogP contribution in [0.15, 0.2) is 24.3 Å². The number of benzene rings is 1. The van der Waals surface area contributed by atoms with Crippen molar-refractivity contribution in [3.63, 3.8) is 0 Å². The third-order valence-corrected chi connectivity index (χ3v) is 6.22. The van der Waals surface area contributed by atoms with Gasteiger partial charge >= 0.3 is 5.97 Å². The average Bonchev–Trinajstić information content (AvgIpc) is 3.18. The normalized spacial score (nSPS) is 23.3. The van der Waals surface area contributed by atoms with Gasteiger partial charge in [0.15, 0.2) is 0 Å². The number of halogens is 1. The second kappa shape index (κ2) is 8.57. The van der Waals surface area contributed by atoms with Crippen LogP contribution in [0.5, 0.6) is 0 Å². The highest BCUT2D eigenvalue weighted by molar-refractivity contribution is 5.97. The number of aliphatic hydroxyl groups excluding tert-OH is 2. The van der Waals surface area contributed by atoms with E-state index in [1.165, 1.54) is 12.1 Å². The molecular weight excluding hydrogens is 365 g/mol. The molecule has 3 N–H and O–H groups in total. The summed E-state index contributed by atoms with van der Waals surface area (Å²) >= 11 is 0. The zero-order valence-corrected chi connectivity index (χ0v) is 15.9. The molecule has 7 heteroatoms. The van der Waals surface area contributed by atoms with Gasteiger partial charge in [0.05, 0.1) is 18.6 Å². The smallest absolute Gasteiger partial charge is 0.305 e. The fourth-order valence-corrected chi connectivity index (χ4v) is 4.97. The van der Waals surface area contributed by atoms with Gasteiger partial charge in [-0.05, 0) is 61.8 Å². The summed E-state index contributed by atoms with van der Waals surface area (Å²) in [7, 11) is 0. The number of rotatable bonds is 8. The van der Waals surface area contributed by atoms with E-state index in [0.29, 0.717) is 24.9 Å². The molecule has 1 saturated carbocycles. The van der Waals surface area contributed by atoms with Crippen LogP contribution in [0.1, 0.15) is 57.8 Å². The highest BCUT2D eigenvalue weighted by Gasteiger charge is 2.52. The molecule has 1 aromatic rings. The first-order valence-electron chi connectivity index (χ1n) is 9.96. The van der Waals surface area contributed by atoms with Crippen molar-refractivity contribution in [2.45, 2.75) is 76.0 Å². The van der Waals surface area contributed by atoms with Crippen LogP contribution in [-0.2, 0) is 9.59 Å². The summed E-state index contributed by atoms with van der Waals surface area (Å²) in [4.78, 5) is 25.3. The zero-order chi connectivity index (χ0) is 20.3. The van der Waals surface area contributed by atoms with Gasteiger partial charge in [-0.15, -0.1) is 0 Å². The van der Waals surface area contributed by atoms with Crippen LogP contribution >= 0.6 is 0 Å². The summed E-state index contributed by atoms with van der Waals surface area (Å²) in [5, 5.41) is 28.8. The number of hydrogen-bond acceptors (Lipinski definition) is 4. The molecule has 3 atom stereocenters. The monoisotopic (exact) mass is 393 g/mol. The highest BCUT2D eigenvalue weighted by Crippen LogP contribution is 2.52. The molecule has 2 aliphatic rings. The topological polar surface area (TPSA) is 98.1 Å². The Labute approximate surface area is 164 Å². The zero-order valence-electron chi connectivity index (χ0n) is 15.9. The van der Waals surface area contributed by atoms with Crippen LogP contribution in [-0.4, -0.2) is 45.4 Å². The molecule has 3 unspecified atom stereocenters. The van der Waals surface area contributed by atoms with E-state index in [1.54, 1.807) is 17.0 Å². The summed E-state index contributed by atoms with van der Waals surface area (Å²) in [6.07, 6.45) is 3.12. The first-order valence-corrected chi connectivity index (χ1v) is 9.96. The van der Waals surface area contributed by atoms with E-state index < -0.39 is 24.6 Å². The van der Waals surface area contributed by atoms with Crippen molar-refractivity contribution < 1.29 is 29.3 Å². The van der Waals surface area contributed by atoms with Crippen LogP contribution in [0.3, 0.4) is 0 Å². The molecule has 2 fully saturated rings. The van der Waals surface area contributed by atoms with E-state index in [-0.39, 0.29) is 29.6 Å². The lowest BCUT2D eigenvalue weighted by Gasteiger charge is -2.35. The summed E-state index contributed by atoms with van der Waals surface area (Å²) in [6.45, 7) is 0. The Hall–Kier alpha value is -1.99. The quantitative estimate of drug-likeness (QED) is 0.631. The van der Waals surface area contributed by atoms with Crippen LogP contribution in [0.4, 0.5) is 10.1 Å². The largest absolute Gasteiger partial charge is 0.481 e. The van der Waals surface area contributed by atoms with Crippen molar-refractivity contribution in [2.24, 2.45) is 5.41 Å². The first-order chi connectivity index (χ1) is 13.3. The van der Waals surface area contributed by atoms with E-state index in [2.05, 4.69) is 0 Å². The number of hydrogen-bond donors (Lipinski definition) is 3. The Bertz CT molecular complexity index is 701. The van der Waals surface area contributed by atoms with E-state index >= 15 is 0 Å². The molecular formula is C21H28FNO5. The molecule has 1 saturated heterocycles. The Balaban J connectivity index is 1.72. The van der Waals surface area contributed by atoms with Crippen molar-refractivity contribution in [2.75, 3.05) is 4.90 Å². The van der Waals surface area contributed by atoms with Crippen LogP contribution in [0.2, 0.25) is 0 Å². The minimum Gasteiger partial charge on any atom is -0.481 e. The summed E-state index contributed by atoms with van der Waals surface area (Å²) in [6, 6.07) is 5.83. The number of anilines is 1. The minimum atomic E-state index is -1.10. The molecule has 3 rings (SSSR count). The van der Waals surface area contributed by atoms with Gasteiger partial charge in [0.2, 0.25) is 5.91 Å². The van der Waals surface area contributed by atoms with Crippen LogP contribution in [0.25, 0.3) is 0 Å². The fourth-order valence-electron chi connectivity index (χ4n) is 4.97. The van der Waals surface area contributed by atoms with Crippen molar-refractivity contribution in [1.29, 1.82) is 0 Å². The fraction of sp³-hybridized carbons (Fsp3) is 0.619. The number of carbonyl (C=O) groups excluding carboxylic acids is 1. The third-order valence-electron chi connectivity index (χ3n) is 6.22. The number of aliphatic carboxylic acids is 1. The van der Waals surface area contributed by atoms with Gasteiger partial charge in [0.25, 0.3) is 0 Å². The molecule has 1 aromatic carbocycles. The van der Waals surface area contributed by atoms with Gasteiger partial charge < -0.3 is 20.2 Å². The van der Waals surface area contributed by atoms with Gasteiger partial charge in [-0.3, -0.25) is 9.59 Å². The van der Waals surface area contributed by atoms with Crippen molar-refractivity contribution >= 4 is 17.6 Å². The Kier molecular flexibility index (Phi) is 6.35. The Morgan fingerprint density at radius 1 is 1.18 bits per heavy atom. The number of amides is 1. The Morgan fingerprint density at radius 2 is 1.82 bits per heavy atom. The molecule has 1 spiro atoms. The van der Waals surface area contributed by atoms with Crippen molar-refractivity contribution in [1.82, 2.24) is 0 Å². The number of carboxylic acids is 1. The Morgan fingerprint density at radius 3 is 2.43 bits per heavy atom. The van der Waals surface area contributed by atoms with Gasteiger partial charge in [0.1, 0.15) is 5.82 Å². The molecule has 0 aromatic heterocycles. The number of aliphatic hydroxyl groups is 2. The summed E-state index contributed by atoms with van der Waals surface area (Å²) in [5.74, 6) is -1.43. The van der Waals surface area contributed by atoms with Gasteiger partial charge in [-0.25, -0.2) is 4.39 Å². The summed E-state index contributed by atoms with van der Waals surface area (Å²) < 4.78 is 13.3. The molecule has 1 aliphatic heterocycles. The average molecular weight is 393 g/mol. The van der Waals surface area contributed by atoms with E-state index in [0.717, 1.165) is 25.7 Å². The lowest BCUT2D eigenvalue weighted by Crippen LogP contribution is -2.40. The van der Waals surface area contributed by atoms with E-state index in [4.69, 9.17) is 5.11 Å². The molecule has 6 nitrogen and oxygen atoms in total. The van der Waals surface area contributed by atoms with Crippen molar-refractivity contribution in [3.05, 3.63) is 30.1 Å². The highest BCUT2D eigenvalue weighted by atomic mass is 19.1. The number of nitrogens with zero attached hydrogens (tertiary/aromatic N) is 1. The van der Waals surface area contributed by atoms with Crippen LogP contribution < -0.4 is 4.90 Å². The molecule has 1 aliphatic carbocycles. The number of carboxylic acid groups (broad SMARTS) is 1.